The number of carbonyl (C=O) groups is 1. The van der Waals surface area contributed by atoms with Crippen LogP contribution in [0.4, 0.5) is 0 Å². The van der Waals surface area contributed by atoms with Crippen molar-refractivity contribution in [3.05, 3.63) is 65.2 Å². The molecule has 4 atom stereocenters. The van der Waals surface area contributed by atoms with Crippen molar-refractivity contribution < 1.29 is 19.4 Å². The molecule has 0 aromatic heterocycles. The summed E-state index contributed by atoms with van der Waals surface area (Å²) in [5.41, 5.74) is 4.52. The van der Waals surface area contributed by atoms with Gasteiger partial charge >= 0.3 is 5.97 Å². The zero-order chi connectivity index (χ0) is 22.2. The molecule has 1 fully saturated rings. The van der Waals surface area contributed by atoms with E-state index in [0.717, 1.165) is 48.1 Å². The first kappa shape index (κ1) is 21.6. The van der Waals surface area contributed by atoms with Crippen molar-refractivity contribution in [3.63, 3.8) is 0 Å². The fourth-order valence-electron chi connectivity index (χ4n) is 4.95. The molecular weight excluding hydrogens is 388 g/mol. The fraction of sp³-hybridized carbons (Fsp3) is 0.444. The number of hydrogen-bond donors (Lipinski definition) is 1. The quantitative estimate of drug-likeness (QED) is 0.540. The van der Waals surface area contributed by atoms with Gasteiger partial charge in [-0.25, -0.2) is 4.79 Å². The Morgan fingerprint density at radius 3 is 2.52 bits per heavy atom. The molecule has 0 amide bonds. The van der Waals surface area contributed by atoms with Crippen LogP contribution in [0.2, 0.25) is 0 Å². The average Bonchev–Trinajstić information content (AvgIpc) is 2.73. The highest BCUT2D eigenvalue weighted by Crippen LogP contribution is 2.52. The third kappa shape index (κ3) is 4.40. The van der Waals surface area contributed by atoms with E-state index in [2.05, 4.69) is 45.9 Å². The molecule has 1 saturated heterocycles. The van der Waals surface area contributed by atoms with E-state index in [-0.39, 0.29) is 17.8 Å². The van der Waals surface area contributed by atoms with Gasteiger partial charge in [0.15, 0.2) is 0 Å². The highest BCUT2D eigenvalue weighted by Gasteiger charge is 2.49. The van der Waals surface area contributed by atoms with Gasteiger partial charge in [0.2, 0.25) is 0 Å². The minimum Gasteiger partial charge on any atom is -0.487 e. The smallest absolute Gasteiger partial charge is 0.335 e. The molecule has 4 nitrogen and oxygen atoms in total. The van der Waals surface area contributed by atoms with E-state index in [1.807, 2.05) is 18.2 Å². The lowest BCUT2D eigenvalue weighted by atomic mass is 9.72. The third-order valence-electron chi connectivity index (χ3n) is 6.73. The van der Waals surface area contributed by atoms with Crippen LogP contribution in [-0.2, 0) is 4.74 Å². The van der Waals surface area contributed by atoms with Gasteiger partial charge in [0.1, 0.15) is 11.4 Å². The van der Waals surface area contributed by atoms with E-state index in [1.54, 1.807) is 12.1 Å². The van der Waals surface area contributed by atoms with Gasteiger partial charge in [-0.1, -0.05) is 29.8 Å². The third-order valence-corrected chi connectivity index (χ3v) is 6.73. The molecule has 0 saturated carbocycles. The van der Waals surface area contributed by atoms with Crippen molar-refractivity contribution >= 4 is 5.97 Å². The number of allylic oxidation sites excluding steroid dienone is 2. The molecular formula is C27H32O4. The van der Waals surface area contributed by atoms with E-state index in [0.29, 0.717) is 11.5 Å². The Kier molecular flexibility index (Phi) is 5.94. The van der Waals surface area contributed by atoms with Gasteiger partial charge in [-0.15, -0.1) is 0 Å². The monoisotopic (exact) mass is 420 g/mol. The second kappa shape index (κ2) is 8.51. The minimum absolute atomic E-state index is 0.0162. The number of benzene rings is 2. The van der Waals surface area contributed by atoms with E-state index in [9.17, 15) is 4.79 Å². The number of rotatable bonds is 5. The Hall–Kier alpha value is -2.59. The Morgan fingerprint density at radius 2 is 1.84 bits per heavy atom. The molecule has 0 unspecified atom stereocenters. The second-order valence-electron chi connectivity index (χ2n) is 9.42. The second-order valence-corrected chi connectivity index (χ2v) is 9.42. The Morgan fingerprint density at radius 1 is 1.13 bits per heavy atom. The molecule has 2 aliphatic heterocycles. The predicted octanol–water partition coefficient (Wildman–Crippen LogP) is 6.81. The van der Waals surface area contributed by atoms with Crippen molar-refractivity contribution in [3.8, 4) is 16.9 Å². The van der Waals surface area contributed by atoms with Gasteiger partial charge in [0.05, 0.1) is 17.8 Å². The van der Waals surface area contributed by atoms with Crippen molar-refractivity contribution in [1.29, 1.82) is 0 Å². The SMILES string of the molecule is CC(C)=CCC[C@]1(C)Oc2ccc(-c3ccc(C(=O)O)cc3)cc2[C@@H]2O[C@H](C)CC[C@H]21. The number of carboxylic acids is 1. The molecule has 1 N–H and O–H groups in total. The first-order valence-electron chi connectivity index (χ1n) is 11.2. The van der Waals surface area contributed by atoms with Crippen LogP contribution >= 0.6 is 0 Å². The zero-order valence-electron chi connectivity index (χ0n) is 18.9. The summed E-state index contributed by atoms with van der Waals surface area (Å²) >= 11 is 0. The van der Waals surface area contributed by atoms with Gasteiger partial charge in [0.25, 0.3) is 0 Å². The number of fused-ring (bicyclic) bond motifs is 3. The van der Waals surface area contributed by atoms with Crippen LogP contribution in [0.15, 0.2) is 54.1 Å². The molecule has 2 aromatic carbocycles. The van der Waals surface area contributed by atoms with Crippen LogP contribution in [0.3, 0.4) is 0 Å². The van der Waals surface area contributed by atoms with E-state index >= 15 is 0 Å². The fourth-order valence-corrected chi connectivity index (χ4v) is 4.95. The summed E-state index contributed by atoms with van der Waals surface area (Å²) in [5, 5.41) is 9.16. The van der Waals surface area contributed by atoms with Gasteiger partial charge < -0.3 is 14.6 Å². The zero-order valence-corrected chi connectivity index (χ0v) is 18.9. The van der Waals surface area contributed by atoms with Gasteiger partial charge in [-0.05, 0) is 88.8 Å². The molecule has 31 heavy (non-hydrogen) atoms. The maximum absolute atomic E-state index is 11.2. The maximum atomic E-state index is 11.2. The van der Waals surface area contributed by atoms with Gasteiger partial charge in [0, 0.05) is 11.5 Å². The summed E-state index contributed by atoms with van der Waals surface area (Å²) in [6.07, 6.45) is 6.64. The number of carboxylic acid groups (broad SMARTS) is 1. The lowest BCUT2D eigenvalue weighted by Gasteiger charge is -2.50. The summed E-state index contributed by atoms with van der Waals surface area (Å²) in [6, 6.07) is 13.3. The normalized spacial score (nSPS) is 26.9. The topological polar surface area (TPSA) is 55.8 Å². The molecule has 4 rings (SSSR count). The lowest BCUT2D eigenvalue weighted by Crippen LogP contribution is -2.50. The summed E-state index contributed by atoms with van der Waals surface area (Å²) in [6.45, 7) is 8.67. The molecule has 0 spiro atoms. The highest BCUT2D eigenvalue weighted by molar-refractivity contribution is 5.88. The molecule has 2 aromatic rings. The Labute approximate surface area is 184 Å². The molecule has 164 valence electrons. The number of aromatic carboxylic acids is 1. The van der Waals surface area contributed by atoms with E-state index in [4.69, 9.17) is 14.6 Å². The largest absolute Gasteiger partial charge is 0.487 e. The minimum atomic E-state index is -0.912. The molecule has 0 radical (unpaired) electrons. The van der Waals surface area contributed by atoms with Crippen molar-refractivity contribution in [2.24, 2.45) is 5.92 Å². The predicted molar refractivity (Wildman–Crippen MR) is 123 cm³/mol. The van der Waals surface area contributed by atoms with Crippen LogP contribution in [0.1, 0.15) is 75.4 Å². The number of hydrogen-bond acceptors (Lipinski definition) is 3. The highest BCUT2D eigenvalue weighted by atomic mass is 16.5. The van der Waals surface area contributed by atoms with E-state index in [1.165, 1.54) is 5.57 Å². The van der Waals surface area contributed by atoms with Crippen LogP contribution in [0.25, 0.3) is 11.1 Å². The van der Waals surface area contributed by atoms with Crippen LogP contribution < -0.4 is 4.74 Å². The van der Waals surface area contributed by atoms with Crippen LogP contribution in [0.5, 0.6) is 5.75 Å². The van der Waals surface area contributed by atoms with E-state index < -0.39 is 5.97 Å². The molecule has 2 heterocycles. The van der Waals surface area contributed by atoms with Gasteiger partial charge in [-0.2, -0.15) is 0 Å². The Bertz CT molecular complexity index is 987. The molecule has 2 aliphatic rings. The number of ether oxygens (including phenoxy) is 2. The first-order valence-corrected chi connectivity index (χ1v) is 11.2. The van der Waals surface area contributed by atoms with Crippen LogP contribution in [0, 0.1) is 5.92 Å². The summed E-state index contributed by atoms with van der Waals surface area (Å²) in [4.78, 5) is 11.2. The first-order chi connectivity index (χ1) is 14.8. The summed E-state index contributed by atoms with van der Waals surface area (Å²) in [7, 11) is 0. The molecule has 0 aliphatic carbocycles. The molecule has 4 heteroatoms. The van der Waals surface area contributed by atoms with Crippen molar-refractivity contribution in [1.82, 2.24) is 0 Å². The lowest BCUT2D eigenvalue weighted by molar-refractivity contribution is -0.151. The maximum Gasteiger partial charge on any atom is 0.335 e. The molecule has 0 bridgehead atoms. The summed E-state index contributed by atoms with van der Waals surface area (Å²) < 4.78 is 13.2. The van der Waals surface area contributed by atoms with Crippen molar-refractivity contribution in [2.75, 3.05) is 0 Å². The summed E-state index contributed by atoms with van der Waals surface area (Å²) in [5.74, 6) is 0.303. The van der Waals surface area contributed by atoms with Gasteiger partial charge in [-0.3, -0.25) is 0 Å². The van der Waals surface area contributed by atoms with Crippen molar-refractivity contribution in [2.45, 2.75) is 71.2 Å². The Balaban J connectivity index is 1.68. The average molecular weight is 421 g/mol. The standard InChI is InChI=1S/C27H32O4/c1-17(2)6-5-15-27(4)23-13-7-18(3)30-25(23)22-16-21(12-14-24(22)31-27)19-8-10-20(11-9-19)26(28)29/h6,8-12,14,16,18,23,25H,5,7,13,15H2,1-4H3,(H,28,29)/t18-,23-,25+,27+/m1/s1. The van der Waals surface area contributed by atoms with Crippen LogP contribution in [-0.4, -0.2) is 22.8 Å².